The van der Waals surface area contributed by atoms with Crippen LogP contribution in [-0.2, 0) is 0 Å². The van der Waals surface area contributed by atoms with Gasteiger partial charge in [-0.25, -0.2) is 0 Å². The Hall–Kier alpha value is -1.05. The van der Waals surface area contributed by atoms with Crippen molar-refractivity contribution in [2.24, 2.45) is 0 Å². The summed E-state index contributed by atoms with van der Waals surface area (Å²) < 4.78 is 0. The molecule has 0 bridgehead atoms. The van der Waals surface area contributed by atoms with Gasteiger partial charge in [-0.15, -0.1) is 0 Å². The number of aromatic nitrogens is 2. The van der Waals surface area contributed by atoms with E-state index in [0.29, 0.717) is 0 Å². The maximum absolute atomic E-state index is 3.80. The number of aryl methyl sites for hydroxylation is 1. The van der Waals surface area contributed by atoms with Crippen LogP contribution in [0.2, 0.25) is 0 Å². The highest BCUT2D eigenvalue weighted by molar-refractivity contribution is 5.44. The molecular weight excluding hydrogens is 124 g/mol. The molecule has 0 fully saturated rings. The molecule has 0 saturated heterocycles. The first kappa shape index (κ1) is 8.95. The van der Waals surface area contributed by atoms with Crippen molar-refractivity contribution in [1.82, 2.24) is 10.2 Å². The summed E-state index contributed by atoms with van der Waals surface area (Å²) in [7, 11) is 0. The summed E-state index contributed by atoms with van der Waals surface area (Å²) in [5.74, 6) is 0. The fraction of sp³-hybridized carbons (Fsp3) is 0.375. The normalized spacial score (nSPS) is 7.90. The van der Waals surface area contributed by atoms with Gasteiger partial charge in [0, 0.05) is 0 Å². The maximum Gasteiger partial charge on any atom is 0.0601 e. The third-order valence-corrected chi connectivity index (χ3v) is 1.07. The van der Waals surface area contributed by atoms with E-state index >= 15 is 0 Å². The van der Waals surface area contributed by atoms with E-state index in [9.17, 15) is 0 Å². The minimum absolute atomic E-state index is 1.00. The first-order valence-electron chi connectivity index (χ1n) is 3.47. The Labute approximate surface area is 62.0 Å². The number of nitrogens with one attached hydrogen (secondary N) is 1. The van der Waals surface area contributed by atoms with Gasteiger partial charge < -0.3 is 0 Å². The van der Waals surface area contributed by atoms with Gasteiger partial charge in [0.05, 0.1) is 11.9 Å². The molecule has 0 radical (unpaired) electrons. The van der Waals surface area contributed by atoms with Crippen molar-refractivity contribution in [3.8, 4) is 0 Å². The van der Waals surface area contributed by atoms with Crippen molar-refractivity contribution in [3.63, 3.8) is 0 Å². The highest BCUT2D eigenvalue weighted by Gasteiger charge is 1.90. The van der Waals surface area contributed by atoms with Crippen molar-refractivity contribution in [1.29, 1.82) is 0 Å². The second-order valence-electron chi connectivity index (χ2n) is 1.67. The zero-order chi connectivity index (χ0) is 7.98. The van der Waals surface area contributed by atoms with Crippen LogP contribution in [0.4, 0.5) is 0 Å². The van der Waals surface area contributed by atoms with Crippen LogP contribution in [0.3, 0.4) is 0 Å². The first-order valence-corrected chi connectivity index (χ1v) is 3.47. The van der Waals surface area contributed by atoms with E-state index < -0.39 is 0 Å². The van der Waals surface area contributed by atoms with Crippen LogP contribution < -0.4 is 0 Å². The Bertz CT molecular complexity index is 189. The first-order chi connectivity index (χ1) is 4.84. The van der Waals surface area contributed by atoms with Crippen LogP contribution in [0.5, 0.6) is 0 Å². The van der Waals surface area contributed by atoms with E-state index in [0.717, 1.165) is 11.3 Å². The third-order valence-electron chi connectivity index (χ3n) is 1.07. The second-order valence-corrected chi connectivity index (χ2v) is 1.67. The van der Waals surface area contributed by atoms with Gasteiger partial charge in [-0.1, -0.05) is 20.4 Å². The molecule has 1 aromatic rings. The molecule has 56 valence electrons. The van der Waals surface area contributed by atoms with Crippen LogP contribution in [-0.4, -0.2) is 10.2 Å². The van der Waals surface area contributed by atoms with Gasteiger partial charge in [-0.3, -0.25) is 5.10 Å². The van der Waals surface area contributed by atoms with Crippen molar-refractivity contribution < 1.29 is 0 Å². The molecule has 0 spiro atoms. The standard InChI is InChI=1S/C6H8N2.C2H6/c1-3-6-5(2)4-7-8-6;1-2/h3-4H,1H2,2H3,(H,7,8);1-2H3. The van der Waals surface area contributed by atoms with Gasteiger partial charge in [0.15, 0.2) is 0 Å². The Morgan fingerprint density at radius 3 is 2.40 bits per heavy atom. The molecule has 0 unspecified atom stereocenters. The summed E-state index contributed by atoms with van der Waals surface area (Å²) in [6, 6.07) is 0. The quantitative estimate of drug-likeness (QED) is 0.634. The average molecular weight is 138 g/mol. The summed E-state index contributed by atoms with van der Waals surface area (Å²) in [5, 5.41) is 6.58. The molecule has 1 N–H and O–H groups in total. The molecule has 1 rings (SSSR count). The lowest BCUT2D eigenvalue weighted by Gasteiger charge is -1.81. The smallest absolute Gasteiger partial charge is 0.0601 e. The number of rotatable bonds is 1. The number of H-pyrrole nitrogens is 1. The van der Waals surface area contributed by atoms with Crippen LogP contribution in [0.15, 0.2) is 12.8 Å². The third kappa shape index (κ3) is 2.05. The summed E-state index contributed by atoms with van der Waals surface area (Å²) in [4.78, 5) is 0. The summed E-state index contributed by atoms with van der Waals surface area (Å²) in [5.41, 5.74) is 2.14. The van der Waals surface area contributed by atoms with E-state index in [4.69, 9.17) is 0 Å². The maximum atomic E-state index is 3.80. The highest BCUT2D eigenvalue weighted by Crippen LogP contribution is 2.01. The molecule has 2 nitrogen and oxygen atoms in total. The van der Waals surface area contributed by atoms with Crippen LogP contribution in [0, 0.1) is 6.92 Å². The van der Waals surface area contributed by atoms with Gasteiger partial charge in [0.1, 0.15) is 0 Å². The summed E-state index contributed by atoms with van der Waals surface area (Å²) >= 11 is 0. The van der Waals surface area contributed by atoms with Gasteiger partial charge in [0.25, 0.3) is 0 Å². The van der Waals surface area contributed by atoms with Crippen LogP contribution in [0.1, 0.15) is 25.1 Å². The molecular formula is C8H14N2. The van der Waals surface area contributed by atoms with Crippen LogP contribution in [0.25, 0.3) is 6.08 Å². The van der Waals surface area contributed by atoms with E-state index in [-0.39, 0.29) is 0 Å². The monoisotopic (exact) mass is 138 g/mol. The summed E-state index contributed by atoms with van der Waals surface area (Å²) in [6.45, 7) is 9.58. The van der Waals surface area contributed by atoms with E-state index in [2.05, 4.69) is 16.8 Å². The number of hydrogen-bond donors (Lipinski definition) is 1. The molecule has 1 aromatic heterocycles. The zero-order valence-corrected chi connectivity index (χ0v) is 6.81. The molecule has 0 aromatic carbocycles. The van der Waals surface area contributed by atoms with E-state index in [1.807, 2.05) is 20.8 Å². The largest absolute Gasteiger partial charge is 0.278 e. The van der Waals surface area contributed by atoms with Crippen molar-refractivity contribution in [3.05, 3.63) is 24.0 Å². The van der Waals surface area contributed by atoms with Gasteiger partial charge in [-0.05, 0) is 18.6 Å². The minimum Gasteiger partial charge on any atom is -0.278 e. The topological polar surface area (TPSA) is 28.7 Å². The van der Waals surface area contributed by atoms with Crippen molar-refractivity contribution in [2.45, 2.75) is 20.8 Å². The van der Waals surface area contributed by atoms with E-state index in [1.165, 1.54) is 0 Å². The predicted molar refractivity (Wildman–Crippen MR) is 44.8 cm³/mol. The molecule has 1 heterocycles. The number of aromatic amines is 1. The van der Waals surface area contributed by atoms with Crippen molar-refractivity contribution in [2.75, 3.05) is 0 Å². The molecule has 0 saturated carbocycles. The molecule has 0 aliphatic rings. The number of nitrogens with zero attached hydrogens (tertiary/aromatic N) is 1. The Kier molecular flexibility index (Phi) is 4.29. The van der Waals surface area contributed by atoms with Gasteiger partial charge >= 0.3 is 0 Å². The SMILES string of the molecule is C=Cc1[nH]ncc1C.CC. The molecule has 2 heteroatoms. The molecule has 0 aliphatic heterocycles. The predicted octanol–water partition coefficient (Wildman–Crippen LogP) is 2.39. The fourth-order valence-electron chi connectivity index (χ4n) is 0.563. The van der Waals surface area contributed by atoms with Crippen molar-refractivity contribution >= 4 is 6.08 Å². The Balaban J connectivity index is 0.000000371. The Morgan fingerprint density at radius 2 is 2.20 bits per heavy atom. The molecule has 0 aliphatic carbocycles. The zero-order valence-electron chi connectivity index (χ0n) is 6.81. The number of hydrogen-bond acceptors (Lipinski definition) is 1. The lowest BCUT2D eigenvalue weighted by atomic mass is 10.3. The van der Waals surface area contributed by atoms with Crippen LogP contribution >= 0.6 is 0 Å². The molecule has 10 heavy (non-hydrogen) atoms. The second kappa shape index (κ2) is 4.79. The minimum atomic E-state index is 1.00. The average Bonchev–Trinajstić information content (AvgIpc) is 2.39. The lowest BCUT2D eigenvalue weighted by Crippen LogP contribution is -1.71. The Morgan fingerprint density at radius 1 is 1.60 bits per heavy atom. The van der Waals surface area contributed by atoms with Gasteiger partial charge in [0.2, 0.25) is 0 Å². The van der Waals surface area contributed by atoms with Gasteiger partial charge in [-0.2, -0.15) is 5.10 Å². The van der Waals surface area contributed by atoms with E-state index in [1.54, 1.807) is 12.3 Å². The highest BCUT2D eigenvalue weighted by atomic mass is 15.1. The molecule has 0 amide bonds. The molecule has 0 atom stereocenters. The fourth-order valence-corrected chi connectivity index (χ4v) is 0.563. The summed E-state index contributed by atoms with van der Waals surface area (Å²) in [6.07, 6.45) is 3.53. The lowest BCUT2D eigenvalue weighted by molar-refractivity contribution is 1.08.